The molecular weight excluding hydrogens is 314 g/mol. The van der Waals surface area contributed by atoms with Gasteiger partial charge in [0.2, 0.25) is 5.88 Å². The number of rotatable bonds is 5. The summed E-state index contributed by atoms with van der Waals surface area (Å²) < 4.78 is 7.24. The average molecular weight is 326 g/mol. The van der Waals surface area contributed by atoms with Crippen LogP contribution >= 0.6 is 15.9 Å². The normalized spacial score (nSPS) is 12.1. The maximum absolute atomic E-state index is 11.0. The Morgan fingerprint density at radius 2 is 2.32 bits per heavy atom. The van der Waals surface area contributed by atoms with E-state index in [1.165, 1.54) is 7.11 Å². The lowest BCUT2D eigenvalue weighted by Crippen LogP contribution is -2.16. The van der Waals surface area contributed by atoms with Crippen molar-refractivity contribution in [2.75, 3.05) is 7.11 Å². The first-order chi connectivity index (χ1) is 9.10. The molecule has 19 heavy (non-hydrogen) atoms. The lowest BCUT2D eigenvalue weighted by molar-refractivity contribution is -0.137. The Balaban J connectivity index is 2.33. The highest BCUT2D eigenvalue weighted by atomic mass is 79.9. The fourth-order valence-corrected chi connectivity index (χ4v) is 2.03. The first-order valence-electron chi connectivity index (χ1n) is 5.52. The molecule has 2 aromatic heterocycles. The van der Waals surface area contributed by atoms with E-state index < -0.39 is 12.0 Å². The SMILES string of the molecule is COc1ccc(C(CC(=O)O)n2ccc(Br)n2)cn1. The second-order valence-electron chi connectivity index (χ2n) is 3.87. The number of carboxylic acids is 1. The summed E-state index contributed by atoms with van der Waals surface area (Å²) in [4.78, 5) is 15.1. The summed E-state index contributed by atoms with van der Waals surface area (Å²) in [6, 6.07) is 4.84. The second-order valence-corrected chi connectivity index (χ2v) is 4.68. The van der Waals surface area contributed by atoms with Crippen LogP contribution in [0.4, 0.5) is 0 Å². The zero-order chi connectivity index (χ0) is 13.8. The van der Waals surface area contributed by atoms with Crippen LogP contribution in [0.5, 0.6) is 5.88 Å². The summed E-state index contributed by atoms with van der Waals surface area (Å²) in [7, 11) is 1.53. The third kappa shape index (κ3) is 3.31. The van der Waals surface area contributed by atoms with Crippen molar-refractivity contribution in [1.29, 1.82) is 0 Å². The van der Waals surface area contributed by atoms with Gasteiger partial charge in [-0.2, -0.15) is 5.10 Å². The molecule has 1 atom stereocenters. The summed E-state index contributed by atoms with van der Waals surface area (Å²) in [6.45, 7) is 0. The van der Waals surface area contributed by atoms with Crippen LogP contribution in [0.2, 0.25) is 0 Å². The second kappa shape index (κ2) is 5.83. The largest absolute Gasteiger partial charge is 0.481 e. The summed E-state index contributed by atoms with van der Waals surface area (Å²) in [5, 5.41) is 13.2. The molecule has 1 N–H and O–H groups in total. The van der Waals surface area contributed by atoms with Gasteiger partial charge in [-0.15, -0.1) is 0 Å². The molecular formula is C12H12BrN3O3. The molecule has 0 radical (unpaired) electrons. The monoisotopic (exact) mass is 325 g/mol. The summed E-state index contributed by atoms with van der Waals surface area (Å²) >= 11 is 3.25. The number of methoxy groups -OCH3 is 1. The Morgan fingerprint density at radius 3 is 2.79 bits per heavy atom. The van der Waals surface area contributed by atoms with Crippen molar-refractivity contribution < 1.29 is 14.6 Å². The van der Waals surface area contributed by atoms with Gasteiger partial charge in [-0.1, -0.05) is 0 Å². The van der Waals surface area contributed by atoms with E-state index in [1.807, 2.05) is 0 Å². The van der Waals surface area contributed by atoms with Gasteiger partial charge in [-0.05, 0) is 33.6 Å². The van der Waals surface area contributed by atoms with Gasteiger partial charge < -0.3 is 9.84 Å². The molecule has 0 amide bonds. The Morgan fingerprint density at radius 1 is 1.53 bits per heavy atom. The van der Waals surface area contributed by atoms with Gasteiger partial charge in [0.25, 0.3) is 0 Å². The molecule has 6 nitrogen and oxygen atoms in total. The van der Waals surface area contributed by atoms with E-state index in [0.29, 0.717) is 10.5 Å². The van der Waals surface area contributed by atoms with Gasteiger partial charge in [-0.3, -0.25) is 9.48 Å². The number of carbonyl (C=O) groups is 1. The molecule has 2 heterocycles. The summed E-state index contributed by atoms with van der Waals surface area (Å²) in [6.07, 6.45) is 3.26. The van der Waals surface area contributed by atoms with Crippen LogP contribution in [0.15, 0.2) is 35.2 Å². The van der Waals surface area contributed by atoms with Crippen LogP contribution in [-0.4, -0.2) is 33.0 Å². The molecule has 0 aliphatic rings. The molecule has 0 saturated carbocycles. The predicted octanol–water partition coefficient (Wildman–Crippen LogP) is 2.11. The Bertz CT molecular complexity index is 568. The first kappa shape index (κ1) is 13.5. The number of hydrogen-bond acceptors (Lipinski definition) is 4. The molecule has 0 fully saturated rings. The van der Waals surface area contributed by atoms with Crippen molar-refractivity contribution in [3.8, 4) is 5.88 Å². The number of ether oxygens (including phenoxy) is 1. The minimum atomic E-state index is -0.896. The van der Waals surface area contributed by atoms with Gasteiger partial charge in [0.1, 0.15) is 4.60 Å². The number of nitrogens with zero attached hydrogens (tertiary/aromatic N) is 3. The van der Waals surface area contributed by atoms with Crippen molar-refractivity contribution >= 4 is 21.9 Å². The van der Waals surface area contributed by atoms with Gasteiger partial charge in [0, 0.05) is 18.5 Å². The van der Waals surface area contributed by atoms with E-state index in [-0.39, 0.29) is 6.42 Å². The lowest BCUT2D eigenvalue weighted by atomic mass is 10.1. The fourth-order valence-electron chi connectivity index (χ4n) is 1.73. The zero-order valence-corrected chi connectivity index (χ0v) is 11.7. The number of pyridine rings is 1. The zero-order valence-electron chi connectivity index (χ0n) is 10.2. The minimum Gasteiger partial charge on any atom is -0.481 e. The van der Waals surface area contributed by atoms with Crippen LogP contribution in [0.25, 0.3) is 0 Å². The van der Waals surface area contributed by atoms with E-state index in [2.05, 4.69) is 26.0 Å². The first-order valence-corrected chi connectivity index (χ1v) is 6.32. The minimum absolute atomic E-state index is 0.0673. The van der Waals surface area contributed by atoms with Gasteiger partial charge in [0.05, 0.1) is 19.6 Å². The molecule has 0 bridgehead atoms. The Hall–Kier alpha value is -1.89. The molecule has 0 aliphatic carbocycles. The van der Waals surface area contributed by atoms with Crippen LogP contribution in [-0.2, 0) is 4.79 Å². The van der Waals surface area contributed by atoms with Crippen LogP contribution < -0.4 is 4.74 Å². The molecule has 0 spiro atoms. The number of carboxylic acid groups (broad SMARTS) is 1. The highest BCUT2D eigenvalue weighted by Crippen LogP contribution is 2.23. The van der Waals surface area contributed by atoms with Crippen molar-refractivity contribution in [2.24, 2.45) is 0 Å². The maximum Gasteiger partial charge on any atom is 0.305 e. The van der Waals surface area contributed by atoms with Gasteiger partial charge >= 0.3 is 5.97 Å². The van der Waals surface area contributed by atoms with Gasteiger partial charge in [0.15, 0.2) is 0 Å². The van der Waals surface area contributed by atoms with Crippen molar-refractivity contribution in [3.05, 3.63) is 40.8 Å². The van der Waals surface area contributed by atoms with Crippen LogP contribution in [0.1, 0.15) is 18.0 Å². The summed E-state index contributed by atoms with van der Waals surface area (Å²) in [5.41, 5.74) is 0.763. The van der Waals surface area contributed by atoms with E-state index in [4.69, 9.17) is 9.84 Å². The van der Waals surface area contributed by atoms with Crippen molar-refractivity contribution in [1.82, 2.24) is 14.8 Å². The van der Waals surface area contributed by atoms with Crippen LogP contribution in [0.3, 0.4) is 0 Å². The van der Waals surface area contributed by atoms with Gasteiger partial charge in [-0.25, -0.2) is 4.98 Å². The fraction of sp³-hybridized carbons (Fsp3) is 0.250. The van der Waals surface area contributed by atoms with E-state index in [9.17, 15) is 4.79 Å². The Labute approximate surface area is 118 Å². The third-order valence-corrected chi connectivity index (χ3v) is 3.04. The smallest absolute Gasteiger partial charge is 0.305 e. The van der Waals surface area contributed by atoms with Crippen molar-refractivity contribution in [2.45, 2.75) is 12.5 Å². The molecule has 100 valence electrons. The average Bonchev–Trinajstić information content (AvgIpc) is 2.82. The van der Waals surface area contributed by atoms with E-state index >= 15 is 0 Å². The molecule has 1 unspecified atom stereocenters. The van der Waals surface area contributed by atoms with Crippen molar-refractivity contribution in [3.63, 3.8) is 0 Å². The molecule has 2 aromatic rings. The maximum atomic E-state index is 11.0. The van der Waals surface area contributed by atoms with E-state index in [1.54, 1.807) is 35.3 Å². The molecule has 0 aliphatic heterocycles. The number of hydrogen-bond donors (Lipinski definition) is 1. The highest BCUT2D eigenvalue weighted by molar-refractivity contribution is 9.10. The molecule has 2 rings (SSSR count). The number of aromatic nitrogens is 3. The van der Waals surface area contributed by atoms with E-state index in [0.717, 1.165) is 5.56 Å². The lowest BCUT2D eigenvalue weighted by Gasteiger charge is -2.15. The number of aliphatic carboxylic acids is 1. The topological polar surface area (TPSA) is 77.2 Å². The van der Waals surface area contributed by atoms with Crippen LogP contribution in [0, 0.1) is 0 Å². The summed E-state index contributed by atoms with van der Waals surface area (Å²) in [5.74, 6) is -0.410. The highest BCUT2D eigenvalue weighted by Gasteiger charge is 2.19. The molecule has 0 saturated heterocycles. The molecule has 7 heteroatoms. The molecule has 0 aromatic carbocycles. The standard InChI is InChI=1S/C12H12BrN3O3/c1-19-11-3-2-8(7-14-11)9(6-12(17)18)16-5-4-10(13)15-16/h2-5,7,9H,6H2,1H3,(H,17,18). The Kier molecular flexibility index (Phi) is 4.16. The third-order valence-electron chi connectivity index (χ3n) is 2.62. The number of halogens is 1. The predicted molar refractivity (Wildman–Crippen MR) is 71.1 cm³/mol. The quantitative estimate of drug-likeness (QED) is 0.911.